The van der Waals surface area contributed by atoms with E-state index in [1.54, 1.807) is 11.8 Å². The molecule has 3 heteroatoms. The molecule has 0 fully saturated rings. The highest BCUT2D eigenvalue weighted by Gasteiger charge is 2.14. The molecule has 3 aromatic rings. The normalized spacial score (nSPS) is 12.1. The lowest BCUT2D eigenvalue weighted by Crippen LogP contribution is -2.30. The molecule has 0 aliphatic heterocycles. The zero-order valence-corrected chi connectivity index (χ0v) is 14.8. The Balaban J connectivity index is 1.63. The molecule has 3 rings (SSSR count). The van der Waals surface area contributed by atoms with E-state index in [0.717, 1.165) is 10.5 Å². The minimum atomic E-state index is -0.123. The summed E-state index contributed by atoms with van der Waals surface area (Å²) in [6, 6.07) is 22.7. The zero-order chi connectivity index (χ0) is 16.9. The van der Waals surface area contributed by atoms with Gasteiger partial charge in [-0.15, -0.1) is 11.8 Å². The van der Waals surface area contributed by atoms with Gasteiger partial charge in [0.1, 0.15) is 0 Å². The van der Waals surface area contributed by atoms with Crippen molar-refractivity contribution in [2.45, 2.75) is 30.5 Å². The summed E-state index contributed by atoms with van der Waals surface area (Å²) in [5.41, 5.74) is 2.38. The summed E-state index contributed by atoms with van der Waals surface area (Å²) in [4.78, 5) is 13.5. The summed E-state index contributed by atoms with van der Waals surface area (Å²) in [5, 5.41) is 5.33. The number of carbonyl (C=O) groups is 1. The first-order valence-electron chi connectivity index (χ1n) is 8.11. The molecule has 0 heterocycles. The van der Waals surface area contributed by atoms with Crippen molar-refractivity contribution in [1.29, 1.82) is 0 Å². The average molecular weight is 335 g/mol. The Hall–Kier alpha value is -2.26. The molecule has 0 saturated carbocycles. The van der Waals surface area contributed by atoms with Gasteiger partial charge in [-0.1, -0.05) is 60.2 Å². The van der Waals surface area contributed by atoms with E-state index in [1.807, 2.05) is 25.1 Å². The van der Waals surface area contributed by atoms with Crippen LogP contribution in [0.1, 0.15) is 18.1 Å². The van der Waals surface area contributed by atoms with E-state index in [1.165, 1.54) is 16.3 Å². The van der Waals surface area contributed by atoms with Crippen LogP contribution >= 0.6 is 11.8 Å². The van der Waals surface area contributed by atoms with Gasteiger partial charge in [0.25, 0.3) is 0 Å². The summed E-state index contributed by atoms with van der Waals surface area (Å²) >= 11 is 1.59. The predicted molar refractivity (Wildman–Crippen MR) is 102 cm³/mol. The van der Waals surface area contributed by atoms with Gasteiger partial charge in [0.15, 0.2) is 0 Å². The van der Waals surface area contributed by atoms with Crippen molar-refractivity contribution < 1.29 is 4.79 Å². The monoisotopic (exact) mass is 335 g/mol. The zero-order valence-electron chi connectivity index (χ0n) is 14.0. The minimum Gasteiger partial charge on any atom is -0.351 e. The van der Waals surface area contributed by atoms with Gasteiger partial charge in [0.05, 0.1) is 5.25 Å². The van der Waals surface area contributed by atoms with Gasteiger partial charge < -0.3 is 5.32 Å². The smallest absolute Gasteiger partial charge is 0.233 e. The van der Waals surface area contributed by atoms with E-state index in [-0.39, 0.29) is 11.2 Å². The van der Waals surface area contributed by atoms with Crippen molar-refractivity contribution in [1.82, 2.24) is 5.32 Å². The van der Waals surface area contributed by atoms with Crippen molar-refractivity contribution in [3.05, 3.63) is 77.9 Å². The SMILES string of the molecule is Cc1ccc(S[C@H](C)C(=O)NCc2cccc3ccccc23)cc1. The van der Waals surface area contributed by atoms with Gasteiger partial charge in [-0.25, -0.2) is 0 Å². The molecule has 1 amide bonds. The topological polar surface area (TPSA) is 29.1 Å². The van der Waals surface area contributed by atoms with E-state index >= 15 is 0 Å². The molecule has 0 aliphatic carbocycles. The van der Waals surface area contributed by atoms with Gasteiger partial charge in [-0.3, -0.25) is 4.79 Å². The van der Waals surface area contributed by atoms with Crippen LogP contribution < -0.4 is 5.32 Å². The van der Waals surface area contributed by atoms with Gasteiger partial charge in [0.2, 0.25) is 5.91 Å². The highest BCUT2D eigenvalue weighted by atomic mass is 32.2. The molecule has 0 spiro atoms. The van der Waals surface area contributed by atoms with Crippen LogP contribution in [0.2, 0.25) is 0 Å². The van der Waals surface area contributed by atoms with E-state index in [4.69, 9.17) is 0 Å². The van der Waals surface area contributed by atoms with Crippen molar-refractivity contribution in [3.63, 3.8) is 0 Å². The minimum absolute atomic E-state index is 0.0634. The molecule has 1 atom stereocenters. The lowest BCUT2D eigenvalue weighted by molar-refractivity contribution is -0.120. The number of fused-ring (bicyclic) bond motifs is 1. The van der Waals surface area contributed by atoms with Crippen LogP contribution in [0.15, 0.2) is 71.6 Å². The number of carbonyl (C=O) groups excluding carboxylic acids is 1. The Morgan fingerprint density at radius 2 is 1.71 bits per heavy atom. The molecule has 0 saturated heterocycles. The molecular weight excluding hydrogens is 314 g/mol. The average Bonchev–Trinajstić information content (AvgIpc) is 2.61. The summed E-state index contributed by atoms with van der Waals surface area (Å²) < 4.78 is 0. The molecule has 0 aromatic heterocycles. The maximum atomic E-state index is 12.4. The van der Waals surface area contributed by atoms with Gasteiger partial charge >= 0.3 is 0 Å². The van der Waals surface area contributed by atoms with E-state index in [9.17, 15) is 4.79 Å². The maximum absolute atomic E-state index is 12.4. The second kappa shape index (κ2) is 7.54. The second-order valence-corrected chi connectivity index (χ2v) is 7.34. The fourth-order valence-electron chi connectivity index (χ4n) is 2.65. The third kappa shape index (κ3) is 3.98. The predicted octanol–water partition coefficient (Wildman–Crippen LogP) is 4.95. The van der Waals surface area contributed by atoms with Crippen LogP contribution in [0.4, 0.5) is 0 Å². The maximum Gasteiger partial charge on any atom is 0.233 e. The molecule has 0 radical (unpaired) electrons. The Kier molecular flexibility index (Phi) is 5.21. The Labute approximate surface area is 147 Å². The third-order valence-corrected chi connectivity index (χ3v) is 5.15. The molecule has 0 aliphatic rings. The summed E-state index contributed by atoms with van der Waals surface area (Å²) in [6.07, 6.45) is 0. The first kappa shape index (κ1) is 16.6. The number of rotatable bonds is 5. The van der Waals surface area contributed by atoms with Gasteiger partial charge in [0, 0.05) is 11.4 Å². The van der Waals surface area contributed by atoms with Crippen LogP contribution in [0.3, 0.4) is 0 Å². The Morgan fingerprint density at radius 3 is 2.50 bits per heavy atom. The van der Waals surface area contributed by atoms with Crippen LogP contribution in [0, 0.1) is 6.92 Å². The van der Waals surface area contributed by atoms with Crippen molar-refractivity contribution in [3.8, 4) is 0 Å². The van der Waals surface area contributed by atoms with Crippen LogP contribution in [-0.4, -0.2) is 11.2 Å². The first-order valence-corrected chi connectivity index (χ1v) is 8.99. The standard InChI is InChI=1S/C21H21NOS/c1-15-10-12-19(13-11-15)24-16(2)21(23)22-14-18-8-5-7-17-6-3-4-9-20(17)18/h3-13,16H,14H2,1-2H3,(H,22,23)/t16-/m1/s1. The molecule has 24 heavy (non-hydrogen) atoms. The highest BCUT2D eigenvalue weighted by molar-refractivity contribution is 8.00. The number of nitrogens with one attached hydrogen (secondary N) is 1. The number of aryl methyl sites for hydroxylation is 1. The molecule has 0 unspecified atom stereocenters. The first-order chi connectivity index (χ1) is 11.6. The lowest BCUT2D eigenvalue weighted by atomic mass is 10.0. The van der Waals surface area contributed by atoms with Crippen LogP contribution in [-0.2, 0) is 11.3 Å². The van der Waals surface area contributed by atoms with E-state index in [2.05, 4.69) is 60.8 Å². The number of hydrogen-bond acceptors (Lipinski definition) is 2. The van der Waals surface area contributed by atoms with Gasteiger partial charge in [-0.2, -0.15) is 0 Å². The summed E-state index contributed by atoms with van der Waals surface area (Å²) in [7, 11) is 0. The number of thioether (sulfide) groups is 1. The largest absolute Gasteiger partial charge is 0.351 e. The lowest BCUT2D eigenvalue weighted by Gasteiger charge is -2.13. The van der Waals surface area contributed by atoms with E-state index < -0.39 is 0 Å². The van der Waals surface area contributed by atoms with E-state index in [0.29, 0.717) is 6.54 Å². The number of benzene rings is 3. The number of hydrogen-bond donors (Lipinski definition) is 1. The Morgan fingerprint density at radius 1 is 1.00 bits per heavy atom. The molecule has 0 bridgehead atoms. The third-order valence-electron chi connectivity index (χ3n) is 4.04. The van der Waals surface area contributed by atoms with Crippen molar-refractivity contribution in [2.24, 2.45) is 0 Å². The van der Waals surface area contributed by atoms with Crippen LogP contribution in [0.25, 0.3) is 10.8 Å². The number of amides is 1. The summed E-state index contributed by atoms with van der Waals surface area (Å²) in [6.45, 7) is 4.57. The fourth-order valence-corrected chi connectivity index (χ4v) is 3.54. The Bertz CT molecular complexity index is 837. The fraction of sp³-hybridized carbons (Fsp3) is 0.190. The highest BCUT2D eigenvalue weighted by Crippen LogP contribution is 2.24. The quantitative estimate of drug-likeness (QED) is 0.669. The van der Waals surface area contributed by atoms with Gasteiger partial charge in [-0.05, 0) is 42.3 Å². The summed E-state index contributed by atoms with van der Waals surface area (Å²) in [5.74, 6) is 0.0634. The van der Waals surface area contributed by atoms with Crippen molar-refractivity contribution >= 4 is 28.4 Å². The second-order valence-electron chi connectivity index (χ2n) is 5.93. The molecule has 122 valence electrons. The van der Waals surface area contributed by atoms with Crippen molar-refractivity contribution in [2.75, 3.05) is 0 Å². The molecule has 1 N–H and O–H groups in total. The molecule has 2 nitrogen and oxygen atoms in total. The molecule has 3 aromatic carbocycles. The van der Waals surface area contributed by atoms with Crippen LogP contribution in [0.5, 0.6) is 0 Å². The molecular formula is C21H21NOS.